The van der Waals surface area contributed by atoms with Crippen LogP contribution in [0.25, 0.3) is 0 Å². The minimum absolute atomic E-state index is 0.242. The first-order valence-electron chi connectivity index (χ1n) is 6.79. The molecule has 1 aromatic carbocycles. The quantitative estimate of drug-likeness (QED) is 0.509. The summed E-state index contributed by atoms with van der Waals surface area (Å²) in [4.78, 5) is 0. The molecule has 0 atom stereocenters. The topological polar surface area (TPSA) is 42.2 Å². The van der Waals surface area contributed by atoms with E-state index in [9.17, 15) is 0 Å². The van der Waals surface area contributed by atoms with E-state index in [1.807, 2.05) is 32.0 Å². The summed E-state index contributed by atoms with van der Waals surface area (Å²) in [5, 5.41) is 9.75. The molecule has 0 aliphatic rings. The lowest BCUT2D eigenvalue weighted by Gasteiger charge is -2.15. The van der Waals surface area contributed by atoms with Gasteiger partial charge >= 0.3 is 0 Å². The fourth-order valence-electron chi connectivity index (χ4n) is 1.82. The maximum absolute atomic E-state index is 8.95. The Hall–Kier alpha value is -1.21. The second kappa shape index (κ2) is 8.16. The third kappa shape index (κ3) is 5.42. The van der Waals surface area contributed by atoms with E-state index >= 15 is 0 Å². The van der Waals surface area contributed by atoms with Crippen LogP contribution in [0.15, 0.2) is 18.2 Å². The zero-order valence-corrected chi connectivity index (χ0v) is 14.0. The highest BCUT2D eigenvalue weighted by Crippen LogP contribution is 2.29. The lowest BCUT2D eigenvalue weighted by Crippen LogP contribution is -2.08. The molecule has 3 nitrogen and oxygen atoms in total. The predicted molar refractivity (Wildman–Crippen MR) is 84.4 cm³/mol. The molecule has 0 saturated heterocycles. The summed E-state index contributed by atoms with van der Waals surface area (Å²) in [6.45, 7) is 4.58. The molecule has 20 heavy (non-hydrogen) atoms. The number of nitrogens with zero attached hydrogens (tertiary/aromatic N) is 1. The fraction of sp³-hybridized carbons (Fsp3) is 0.562. The normalized spacial score (nSPS) is 10.9. The van der Waals surface area contributed by atoms with Crippen LogP contribution in [-0.2, 0) is 5.33 Å². The Morgan fingerprint density at radius 2 is 2.00 bits per heavy atom. The molecule has 0 aromatic heterocycles. The molecular formula is C16H22BrNO2. The van der Waals surface area contributed by atoms with Gasteiger partial charge in [0.2, 0.25) is 0 Å². The Balaban J connectivity index is 2.44. The molecule has 0 radical (unpaired) electrons. The van der Waals surface area contributed by atoms with Gasteiger partial charge in [-0.05, 0) is 50.8 Å². The zero-order valence-electron chi connectivity index (χ0n) is 12.4. The number of benzene rings is 1. The highest BCUT2D eigenvalue weighted by atomic mass is 79.9. The van der Waals surface area contributed by atoms with Crippen LogP contribution in [0.2, 0.25) is 0 Å². The smallest absolute Gasteiger partial charge is 0.161 e. The summed E-state index contributed by atoms with van der Waals surface area (Å²) >= 11 is 3.43. The first-order valence-corrected chi connectivity index (χ1v) is 7.91. The average Bonchev–Trinajstić information content (AvgIpc) is 2.46. The van der Waals surface area contributed by atoms with Gasteiger partial charge in [0.25, 0.3) is 0 Å². The molecule has 110 valence electrons. The van der Waals surface area contributed by atoms with Gasteiger partial charge in [-0.25, -0.2) is 0 Å². The molecule has 4 heteroatoms. The number of unbranched alkanes of at least 4 members (excludes halogenated alkanes) is 1. The number of ether oxygens (including phenoxy) is 2. The largest absolute Gasteiger partial charge is 0.493 e. The van der Waals surface area contributed by atoms with Crippen molar-refractivity contribution in [3.8, 4) is 17.6 Å². The molecule has 0 aliphatic carbocycles. The summed E-state index contributed by atoms with van der Waals surface area (Å²) in [7, 11) is 1.64. The minimum Gasteiger partial charge on any atom is -0.493 e. The number of alkyl halides is 1. The van der Waals surface area contributed by atoms with E-state index in [1.165, 1.54) is 0 Å². The van der Waals surface area contributed by atoms with Gasteiger partial charge in [-0.2, -0.15) is 5.26 Å². The highest BCUT2D eigenvalue weighted by molar-refractivity contribution is 9.08. The van der Waals surface area contributed by atoms with Crippen LogP contribution in [0, 0.1) is 16.7 Å². The van der Waals surface area contributed by atoms with Crippen molar-refractivity contribution in [3.05, 3.63) is 23.8 Å². The van der Waals surface area contributed by atoms with Crippen molar-refractivity contribution in [2.75, 3.05) is 13.7 Å². The van der Waals surface area contributed by atoms with Crippen LogP contribution < -0.4 is 9.47 Å². The summed E-state index contributed by atoms with van der Waals surface area (Å²) in [6.07, 6.45) is 2.82. The van der Waals surface area contributed by atoms with E-state index in [0.29, 0.717) is 6.61 Å². The van der Waals surface area contributed by atoms with Gasteiger partial charge in [0.1, 0.15) is 0 Å². The molecule has 0 unspecified atom stereocenters. The second-order valence-electron chi connectivity index (χ2n) is 5.42. The zero-order chi connectivity index (χ0) is 15.0. The van der Waals surface area contributed by atoms with Crippen LogP contribution >= 0.6 is 15.9 Å². The standard InChI is InChI=1S/C16H22BrNO2/c1-16(2,12-18)8-4-5-9-20-15-10-13(11-17)6-7-14(15)19-3/h6-7,10H,4-5,8-9,11H2,1-3H3. The molecule has 0 saturated carbocycles. The molecule has 0 amide bonds. The maximum atomic E-state index is 8.95. The van der Waals surface area contributed by atoms with Gasteiger partial charge < -0.3 is 9.47 Å². The average molecular weight is 340 g/mol. The van der Waals surface area contributed by atoms with E-state index < -0.39 is 0 Å². The Kier molecular flexibility index (Phi) is 6.87. The van der Waals surface area contributed by atoms with E-state index in [-0.39, 0.29) is 5.41 Å². The van der Waals surface area contributed by atoms with E-state index in [2.05, 4.69) is 22.0 Å². The molecule has 1 rings (SSSR count). The van der Waals surface area contributed by atoms with Crippen LogP contribution in [0.5, 0.6) is 11.5 Å². The predicted octanol–water partition coefficient (Wildman–Crippen LogP) is 4.69. The SMILES string of the molecule is COc1ccc(CBr)cc1OCCCCC(C)(C)C#N. The lowest BCUT2D eigenvalue weighted by atomic mass is 9.89. The maximum Gasteiger partial charge on any atom is 0.161 e. The number of halogens is 1. The monoisotopic (exact) mass is 339 g/mol. The van der Waals surface area contributed by atoms with Crippen molar-refractivity contribution in [2.24, 2.45) is 5.41 Å². The van der Waals surface area contributed by atoms with Gasteiger partial charge in [-0.1, -0.05) is 22.0 Å². The van der Waals surface area contributed by atoms with E-state index in [1.54, 1.807) is 7.11 Å². The lowest BCUT2D eigenvalue weighted by molar-refractivity contribution is 0.278. The number of methoxy groups -OCH3 is 1. The first-order chi connectivity index (χ1) is 9.52. The number of rotatable bonds is 8. The summed E-state index contributed by atoms with van der Waals surface area (Å²) in [5.74, 6) is 1.54. The molecule has 0 aliphatic heterocycles. The van der Waals surface area contributed by atoms with Crippen molar-refractivity contribution in [2.45, 2.75) is 38.4 Å². The number of nitriles is 1. The Morgan fingerprint density at radius 3 is 2.60 bits per heavy atom. The summed E-state index contributed by atoms with van der Waals surface area (Å²) in [5.41, 5.74) is 0.916. The van der Waals surface area contributed by atoms with Gasteiger partial charge in [0, 0.05) is 5.33 Å². The van der Waals surface area contributed by atoms with Crippen LogP contribution in [0.1, 0.15) is 38.7 Å². The summed E-state index contributed by atoms with van der Waals surface area (Å²) in [6, 6.07) is 8.24. The third-order valence-electron chi connectivity index (χ3n) is 3.14. The van der Waals surface area contributed by atoms with Crippen LogP contribution in [0.3, 0.4) is 0 Å². The Labute approximate surface area is 130 Å². The molecule has 0 fully saturated rings. The van der Waals surface area contributed by atoms with Crippen LogP contribution in [-0.4, -0.2) is 13.7 Å². The number of hydrogen-bond donors (Lipinski definition) is 0. The van der Waals surface area contributed by atoms with Crippen molar-refractivity contribution < 1.29 is 9.47 Å². The van der Waals surface area contributed by atoms with Gasteiger partial charge in [-0.15, -0.1) is 0 Å². The van der Waals surface area contributed by atoms with Crippen LogP contribution in [0.4, 0.5) is 0 Å². The molecule has 1 aromatic rings. The van der Waals surface area contributed by atoms with Crippen molar-refractivity contribution in [3.63, 3.8) is 0 Å². The van der Waals surface area contributed by atoms with E-state index in [4.69, 9.17) is 14.7 Å². The van der Waals surface area contributed by atoms with Crippen molar-refractivity contribution >= 4 is 15.9 Å². The Bertz CT molecular complexity index is 466. The third-order valence-corrected chi connectivity index (χ3v) is 3.79. The molecule has 0 spiro atoms. The first kappa shape index (κ1) is 16.8. The van der Waals surface area contributed by atoms with Crippen molar-refractivity contribution in [1.82, 2.24) is 0 Å². The second-order valence-corrected chi connectivity index (χ2v) is 5.98. The van der Waals surface area contributed by atoms with Gasteiger partial charge in [0.05, 0.1) is 25.2 Å². The minimum atomic E-state index is -0.242. The highest BCUT2D eigenvalue weighted by Gasteiger charge is 2.15. The summed E-state index contributed by atoms with van der Waals surface area (Å²) < 4.78 is 11.1. The Morgan fingerprint density at radius 1 is 1.25 bits per heavy atom. The number of hydrogen-bond acceptors (Lipinski definition) is 3. The molecular weight excluding hydrogens is 318 g/mol. The molecule has 0 bridgehead atoms. The molecule has 0 heterocycles. The van der Waals surface area contributed by atoms with Gasteiger partial charge in [-0.3, -0.25) is 0 Å². The van der Waals surface area contributed by atoms with E-state index in [0.717, 1.165) is 41.7 Å². The molecule has 0 N–H and O–H groups in total. The fourth-order valence-corrected chi connectivity index (χ4v) is 2.17. The van der Waals surface area contributed by atoms with Crippen molar-refractivity contribution in [1.29, 1.82) is 5.26 Å². The van der Waals surface area contributed by atoms with Gasteiger partial charge in [0.15, 0.2) is 11.5 Å².